The number of benzene rings is 2. The van der Waals surface area contributed by atoms with E-state index in [1.807, 2.05) is 62.4 Å². The molecule has 0 aliphatic rings. The van der Waals surface area contributed by atoms with Crippen molar-refractivity contribution in [1.29, 1.82) is 0 Å². The van der Waals surface area contributed by atoms with Gasteiger partial charge in [0, 0.05) is 17.3 Å². The first-order valence-corrected chi connectivity index (χ1v) is 8.49. The molecule has 26 heavy (non-hydrogen) atoms. The maximum absolute atomic E-state index is 12.6. The summed E-state index contributed by atoms with van der Waals surface area (Å²) >= 11 is 0. The predicted octanol–water partition coefficient (Wildman–Crippen LogP) is 3.73. The van der Waals surface area contributed by atoms with Crippen molar-refractivity contribution in [3.8, 4) is 11.3 Å². The fraction of sp³-hybridized carbons (Fsp3) is 0.190. The number of anilines is 1. The van der Waals surface area contributed by atoms with E-state index in [1.54, 1.807) is 13.0 Å². The van der Waals surface area contributed by atoms with E-state index < -0.39 is 6.04 Å². The highest BCUT2D eigenvalue weighted by molar-refractivity contribution is 5.94. The minimum Gasteiger partial charge on any atom is -0.324 e. The zero-order chi connectivity index (χ0) is 18.7. The van der Waals surface area contributed by atoms with Gasteiger partial charge >= 0.3 is 0 Å². The number of aryl methyl sites for hydroxylation is 2. The van der Waals surface area contributed by atoms with Crippen molar-refractivity contribution in [3.63, 3.8) is 0 Å². The van der Waals surface area contributed by atoms with Gasteiger partial charge in [-0.2, -0.15) is 5.10 Å². The number of nitrogens with zero attached hydrogens (tertiary/aromatic N) is 2. The number of hydrogen-bond acceptors (Lipinski definition) is 3. The molecule has 1 atom stereocenters. The Balaban J connectivity index is 1.89. The third kappa shape index (κ3) is 3.72. The molecule has 0 aliphatic carbocycles. The number of rotatable bonds is 4. The van der Waals surface area contributed by atoms with Gasteiger partial charge in [0.25, 0.3) is 5.56 Å². The van der Waals surface area contributed by atoms with E-state index in [1.165, 1.54) is 10.7 Å². The lowest BCUT2D eigenvalue weighted by Gasteiger charge is -2.16. The first kappa shape index (κ1) is 17.6. The Morgan fingerprint density at radius 3 is 2.38 bits per heavy atom. The summed E-state index contributed by atoms with van der Waals surface area (Å²) in [5, 5.41) is 7.26. The minimum absolute atomic E-state index is 0.282. The van der Waals surface area contributed by atoms with Gasteiger partial charge in [-0.1, -0.05) is 48.0 Å². The summed E-state index contributed by atoms with van der Waals surface area (Å²) in [6.45, 7) is 5.60. The topological polar surface area (TPSA) is 64.0 Å². The highest BCUT2D eigenvalue weighted by Crippen LogP contribution is 2.18. The highest BCUT2D eigenvalue weighted by atomic mass is 16.2. The number of aromatic nitrogens is 2. The standard InChI is InChI=1S/C21H21N3O2/c1-14-8-10-17(11-9-14)19-12-13-20(25)24(23-19)16(3)21(26)22-18-7-5-4-6-15(18)2/h4-13,16H,1-3H3,(H,22,26)/t16-/m0/s1. The van der Waals surface area contributed by atoms with Gasteiger partial charge in [-0.05, 0) is 38.5 Å². The molecular formula is C21H21N3O2. The average Bonchev–Trinajstić information content (AvgIpc) is 2.64. The van der Waals surface area contributed by atoms with Crippen LogP contribution < -0.4 is 10.9 Å². The van der Waals surface area contributed by atoms with E-state index in [2.05, 4.69) is 10.4 Å². The van der Waals surface area contributed by atoms with Crippen molar-refractivity contribution < 1.29 is 4.79 Å². The Labute approximate surface area is 152 Å². The summed E-state index contributed by atoms with van der Waals surface area (Å²) in [4.78, 5) is 24.8. The first-order valence-electron chi connectivity index (χ1n) is 8.49. The van der Waals surface area contributed by atoms with Crippen LogP contribution in [-0.4, -0.2) is 15.7 Å². The molecule has 5 nitrogen and oxygen atoms in total. The van der Waals surface area contributed by atoms with E-state index >= 15 is 0 Å². The largest absolute Gasteiger partial charge is 0.324 e. The molecule has 0 unspecified atom stereocenters. The monoisotopic (exact) mass is 347 g/mol. The molecule has 0 fully saturated rings. The van der Waals surface area contributed by atoms with Crippen LogP contribution in [0.2, 0.25) is 0 Å². The zero-order valence-corrected chi connectivity index (χ0v) is 15.1. The summed E-state index contributed by atoms with van der Waals surface area (Å²) in [6.07, 6.45) is 0. The second-order valence-electron chi connectivity index (χ2n) is 6.35. The van der Waals surface area contributed by atoms with Crippen molar-refractivity contribution in [3.05, 3.63) is 82.1 Å². The molecule has 0 spiro atoms. The number of carbonyl (C=O) groups is 1. The Kier molecular flexibility index (Phi) is 4.98. The minimum atomic E-state index is -0.729. The van der Waals surface area contributed by atoms with E-state index in [0.29, 0.717) is 5.69 Å². The summed E-state index contributed by atoms with van der Waals surface area (Å²) in [7, 11) is 0. The van der Waals surface area contributed by atoms with E-state index in [9.17, 15) is 9.59 Å². The van der Waals surface area contributed by atoms with E-state index in [4.69, 9.17) is 0 Å². The van der Waals surface area contributed by atoms with Gasteiger partial charge in [0.05, 0.1) is 5.69 Å². The van der Waals surface area contributed by atoms with Crippen LogP contribution >= 0.6 is 0 Å². The molecule has 2 aromatic carbocycles. The van der Waals surface area contributed by atoms with Crippen LogP contribution in [0.25, 0.3) is 11.3 Å². The average molecular weight is 347 g/mol. The van der Waals surface area contributed by atoms with Crippen molar-refractivity contribution in [2.24, 2.45) is 0 Å². The fourth-order valence-corrected chi connectivity index (χ4v) is 2.64. The summed E-state index contributed by atoms with van der Waals surface area (Å²) < 4.78 is 1.22. The van der Waals surface area contributed by atoms with Gasteiger partial charge in [0.1, 0.15) is 6.04 Å². The highest BCUT2D eigenvalue weighted by Gasteiger charge is 2.18. The normalized spacial score (nSPS) is 11.8. The molecule has 132 valence electrons. The van der Waals surface area contributed by atoms with Gasteiger partial charge in [-0.3, -0.25) is 9.59 Å². The summed E-state index contributed by atoms with van der Waals surface area (Å²) in [5.74, 6) is -0.282. The zero-order valence-electron chi connectivity index (χ0n) is 15.1. The second kappa shape index (κ2) is 7.35. The van der Waals surface area contributed by atoms with Gasteiger partial charge < -0.3 is 5.32 Å². The lowest BCUT2D eigenvalue weighted by molar-refractivity contribution is -0.119. The number of hydrogen-bond donors (Lipinski definition) is 1. The first-order chi connectivity index (χ1) is 12.5. The molecule has 3 rings (SSSR count). The molecule has 1 N–H and O–H groups in total. The quantitative estimate of drug-likeness (QED) is 0.782. The molecule has 3 aromatic rings. The number of amides is 1. The number of carbonyl (C=O) groups excluding carboxylic acids is 1. The SMILES string of the molecule is Cc1ccc(-c2ccc(=O)n([C@@H](C)C(=O)Nc3ccccc3C)n2)cc1. The lowest BCUT2D eigenvalue weighted by atomic mass is 10.1. The van der Waals surface area contributed by atoms with Crippen LogP contribution in [0.5, 0.6) is 0 Å². The van der Waals surface area contributed by atoms with Crippen molar-refractivity contribution in [2.75, 3.05) is 5.32 Å². The van der Waals surface area contributed by atoms with Gasteiger partial charge in [-0.25, -0.2) is 4.68 Å². The molecule has 0 bridgehead atoms. The van der Waals surface area contributed by atoms with Crippen LogP contribution in [0, 0.1) is 13.8 Å². The molecule has 1 amide bonds. The third-order valence-electron chi connectivity index (χ3n) is 4.32. The molecule has 0 saturated carbocycles. The molecule has 0 radical (unpaired) electrons. The van der Waals surface area contributed by atoms with Crippen molar-refractivity contribution >= 4 is 11.6 Å². The van der Waals surface area contributed by atoms with Gasteiger partial charge in [-0.15, -0.1) is 0 Å². The molecule has 1 heterocycles. The van der Waals surface area contributed by atoms with Gasteiger partial charge in [0.15, 0.2) is 0 Å². The smallest absolute Gasteiger partial charge is 0.267 e. The third-order valence-corrected chi connectivity index (χ3v) is 4.32. The van der Waals surface area contributed by atoms with Crippen molar-refractivity contribution in [1.82, 2.24) is 9.78 Å². The molecular weight excluding hydrogens is 326 g/mol. The summed E-state index contributed by atoms with van der Waals surface area (Å²) in [5.41, 5.74) is 4.08. The number of nitrogens with one attached hydrogen (secondary N) is 1. The second-order valence-corrected chi connectivity index (χ2v) is 6.35. The Morgan fingerprint density at radius 2 is 1.69 bits per heavy atom. The Morgan fingerprint density at radius 1 is 1.00 bits per heavy atom. The van der Waals surface area contributed by atoms with E-state index in [-0.39, 0.29) is 11.5 Å². The Hall–Kier alpha value is -3.21. The number of para-hydroxylation sites is 1. The maximum Gasteiger partial charge on any atom is 0.267 e. The van der Waals surface area contributed by atoms with Crippen LogP contribution in [0.1, 0.15) is 24.1 Å². The predicted molar refractivity (Wildman–Crippen MR) is 103 cm³/mol. The maximum atomic E-state index is 12.6. The van der Waals surface area contributed by atoms with Crippen LogP contribution in [0.4, 0.5) is 5.69 Å². The van der Waals surface area contributed by atoms with E-state index in [0.717, 1.165) is 22.4 Å². The van der Waals surface area contributed by atoms with Gasteiger partial charge in [0.2, 0.25) is 5.91 Å². The molecule has 0 saturated heterocycles. The molecule has 1 aromatic heterocycles. The van der Waals surface area contributed by atoms with Crippen molar-refractivity contribution in [2.45, 2.75) is 26.8 Å². The fourth-order valence-electron chi connectivity index (χ4n) is 2.64. The van der Waals surface area contributed by atoms with Crippen LogP contribution in [-0.2, 0) is 4.79 Å². The van der Waals surface area contributed by atoms with Crippen LogP contribution in [0.3, 0.4) is 0 Å². The molecule has 0 aliphatic heterocycles. The Bertz CT molecular complexity index is 991. The van der Waals surface area contributed by atoms with Crippen LogP contribution in [0.15, 0.2) is 65.5 Å². The molecule has 5 heteroatoms. The lowest BCUT2D eigenvalue weighted by Crippen LogP contribution is -2.33. The summed E-state index contributed by atoms with van der Waals surface area (Å²) in [6, 6.07) is 17.8.